The van der Waals surface area contributed by atoms with Crippen LogP contribution in [0.25, 0.3) is 0 Å². The topological polar surface area (TPSA) is 64.1 Å². The maximum absolute atomic E-state index is 10.2. The van der Waals surface area contributed by atoms with Crippen molar-refractivity contribution in [3.63, 3.8) is 0 Å². The Morgan fingerprint density at radius 1 is 1.28 bits per heavy atom. The standard InChI is InChI=1S/C14H19N3O/c1-2-8-17-10-12(9-16-17)14(18)13(15)11-6-4-3-5-7-11/h3-7,9-10,13-14,18H,2,8,15H2,1H3. The van der Waals surface area contributed by atoms with E-state index in [-0.39, 0.29) is 0 Å². The van der Waals surface area contributed by atoms with Crippen molar-refractivity contribution in [2.24, 2.45) is 5.73 Å². The third-order valence-corrected chi connectivity index (χ3v) is 2.97. The molecule has 18 heavy (non-hydrogen) atoms. The first-order valence-corrected chi connectivity index (χ1v) is 6.23. The Morgan fingerprint density at radius 2 is 2.00 bits per heavy atom. The number of benzene rings is 1. The van der Waals surface area contributed by atoms with Gasteiger partial charge < -0.3 is 10.8 Å². The lowest BCUT2D eigenvalue weighted by Crippen LogP contribution is -2.19. The molecule has 96 valence electrons. The van der Waals surface area contributed by atoms with Gasteiger partial charge in [-0.3, -0.25) is 4.68 Å². The van der Waals surface area contributed by atoms with Gasteiger partial charge in [-0.15, -0.1) is 0 Å². The summed E-state index contributed by atoms with van der Waals surface area (Å²) in [5.74, 6) is 0. The van der Waals surface area contributed by atoms with Crippen LogP contribution in [0.4, 0.5) is 0 Å². The molecular formula is C14H19N3O. The third-order valence-electron chi connectivity index (χ3n) is 2.97. The highest BCUT2D eigenvalue weighted by Crippen LogP contribution is 2.25. The minimum Gasteiger partial charge on any atom is -0.386 e. The number of aliphatic hydroxyl groups is 1. The molecule has 0 fully saturated rings. The molecule has 0 aliphatic heterocycles. The quantitative estimate of drug-likeness (QED) is 0.847. The third kappa shape index (κ3) is 2.78. The zero-order valence-corrected chi connectivity index (χ0v) is 10.5. The second-order valence-electron chi connectivity index (χ2n) is 4.42. The minimum absolute atomic E-state index is 0.425. The second-order valence-corrected chi connectivity index (χ2v) is 4.42. The van der Waals surface area contributed by atoms with Gasteiger partial charge in [-0.05, 0) is 12.0 Å². The van der Waals surface area contributed by atoms with Gasteiger partial charge in [0.1, 0.15) is 6.10 Å². The molecule has 0 saturated carbocycles. The van der Waals surface area contributed by atoms with E-state index in [1.165, 1.54) is 0 Å². The van der Waals surface area contributed by atoms with Crippen LogP contribution in [0.15, 0.2) is 42.7 Å². The highest BCUT2D eigenvalue weighted by molar-refractivity contribution is 5.23. The Labute approximate surface area is 107 Å². The molecule has 2 rings (SSSR count). The van der Waals surface area contributed by atoms with E-state index in [2.05, 4.69) is 12.0 Å². The molecule has 0 radical (unpaired) electrons. The van der Waals surface area contributed by atoms with Gasteiger partial charge in [0.05, 0.1) is 12.2 Å². The lowest BCUT2D eigenvalue weighted by Gasteiger charge is -2.17. The molecule has 0 aliphatic carbocycles. The first kappa shape index (κ1) is 12.8. The van der Waals surface area contributed by atoms with Crippen molar-refractivity contribution >= 4 is 0 Å². The maximum Gasteiger partial charge on any atom is 0.101 e. The average molecular weight is 245 g/mol. The lowest BCUT2D eigenvalue weighted by molar-refractivity contribution is 0.147. The van der Waals surface area contributed by atoms with E-state index in [0.717, 1.165) is 24.1 Å². The number of nitrogens with zero attached hydrogens (tertiary/aromatic N) is 2. The molecule has 0 saturated heterocycles. The lowest BCUT2D eigenvalue weighted by atomic mass is 9.99. The van der Waals surface area contributed by atoms with Crippen molar-refractivity contribution in [2.75, 3.05) is 0 Å². The largest absolute Gasteiger partial charge is 0.386 e. The average Bonchev–Trinajstić information content (AvgIpc) is 2.87. The molecular weight excluding hydrogens is 226 g/mol. The van der Waals surface area contributed by atoms with Crippen LogP contribution >= 0.6 is 0 Å². The van der Waals surface area contributed by atoms with E-state index in [4.69, 9.17) is 5.73 Å². The zero-order valence-electron chi connectivity index (χ0n) is 10.5. The monoisotopic (exact) mass is 245 g/mol. The van der Waals surface area contributed by atoms with Crippen molar-refractivity contribution in [1.29, 1.82) is 0 Å². The van der Waals surface area contributed by atoms with Crippen LogP contribution in [-0.4, -0.2) is 14.9 Å². The SMILES string of the molecule is CCCn1cc(C(O)C(N)c2ccccc2)cn1. The Morgan fingerprint density at radius 3 is 2.67 bits per heavy atom. The molecule has 4 heteroatoms. The van der Waals surface area contributed by atoms with Crippen molar-refractivity contribution < 1.29 is 5.11 Å². The van der Waals surface area contributed by atoms with E-state index < -0.39 is 12.1 Å². The summed E-state index contributed by atoms with van der Waals surface area (Å²) in [4.78, 5) is 0. The van der Waals surface area contributed by atoms with Gasteiger partial charge in [-0.25, -0.2) is 0 Å². The Balaban J connectivity index is 2.12. The first-order chi connectivity index (χ1) is 8.72. The summed E-state index contributed by atoms with van der Waals surface area (Å²) in [5.41, 5.74) is 7.75. The highest BCUT2D eigenvalue weighted by atomic mass is 16.3. The number of rotatable bonds is 5. The van der Waals surface area contributed by atoms with Gasteiger partial charge in [0.2, 0.25) is 0 Å². The second kappa shape index (κ2) is 5.80. The smallest absolute Gasteiger partial charge is 0.101 e. The molecule has 0 amide bonds. The van der Waals surface area contributed by atoms with Crippen LogP contribution in [0.3, 0.4) is 0 Å². The van der Waals surface area contributed by atoms with Crippen LogP contribution in [0, 0.1) is 0 Å². The Kier molecular flexibility index (Phi) is 4.12. The molecule has 1 heterocycles. The van der Waals surface area contributed by atoms with Crippen LogP contribution in [-0.2, 0) is 6.54 Å². The number of hydrogen-bond donors (Lipinski definition) is 2. The Bertz CT molecular complexity index is 481. The summed E-state index contributed by atoms with van der Waals surface area (Å²) < 4.78 is 1.83. The molecule has 0 aliphatic rings. The van der Waals surface area contributed by atoms with Crippen LogP contribution in [0.2, 0.25) is 0 Å². The molecule has 2 atom stereocenters. The van der Waals surface area contributed by atoms with Gasteiger partial charge in [0.25, 0.3) is 0 Å². The molecule has 4 nitrogen and oxygen atoms in total. The van der Waals surface area contributed by atoms with Gasteiger partial charge in [-0.2, -0.15) is 5.10 Å². The molecule has 0 spiro atoms. The van der Waals surface area contributed by atoms with Gasteiger partial charge in [-0.1, -0.05) is 37.3 Å². The predicted octanol–water partition coefficient (Wildman–Crippen LogP) is 2.03. The van der Waals surface area contributed by atoms with Crippen molar-refractivity contribution in [3.05, 3.63) is 53.9 Å². The Hall–Kier alpha value is -1.65. The summed E-state index contributed by atoms with van der Waals surface area (Å²) >= 11 is 0. The molecule has 0 bridgehead atoms. The molecule has 2 unspecified atom stereocenters. The number of aromatic nitrogens is 2. The van der Waals surface area contributed by atoms with Crippen molar-refractivity contribution in [3.8, 4) is 0 Å². The van der Waals surface area contributed by atoms with E-state index >= 15 is 0 Å². The summed E-state index contributed by atoms with van der Waals surface area (Å²) in [6.45, 7) is 2.95. The maximum atomic E-state index is 10.2. The summed E-state index contributed by atoms with van der Waals surface area (Å²) in [6.07, 6.45) is 3.83. The number of aryl methyl sites for hydroxylation is 1. The fraction of sp³-hybridized carbons (Fsp3) is 0.357. The normalized spacial score (nSPS) is 14.4. The fourth-order valence-corrected chi connectivity index (χ4v) is 1.95. The molecule has 1 aromatic heterocycles. The van der Waals surface area contributed by atoms with Crippen LogP contribution < -0.4 is 5.73 Å². The van der Waals surface area contributed by atoms with Crippen molar-refractivity contribution in [2.45, 2.75) is 32.0 Å². The number of aliphatic hydroxyl groups excluding tert-OH is 1. The molecule has 1 aromatic carbocycles. The van der Waals surface area contributed by atoms with Crippen LogP contribution in [0.5, 0.6) is 0 Å². The molecule has 3 N–H and O–H groups in total. The van der Waals surface area contributed by atoms with E-state index in [9.17, 15) is 5.11 Å². The fourth-order valence-electron chi connectivity index (χ4n) is 1.95. The van der Waals surface area contributed by atoms with E-state index in [1.54, 1.807) is 6.20 Å². The minimum atomic E-state index is -0.724. The van der Waals surface area contributed by atoms with Crippen LogP contribution in [0.1, 0.15) is 36.6 Å². The predicted molar refractivity (Wildman–Crippen MR) is 70.8 cm³/mol. The van der Waals surface area contributed by atoms with E-state index in [0.29, 0.717) is 0 Å². The number of nitrogens with two attached hydrogens (primary N) is 1. The van der Waals surface area contributed by atoms with Gasteiger partial charge in [0, 0.05) is 18.3 Å². The summed E-state index contributed by atoms with van der Waals surface area (Å²) in [6, 6.07) is 9.19. The highest BCUT2D eigenvalue weighted by Gasteiger charge is 2.19. The summed E-state index contributed by atoms with van der Waals surface area (Å²) in [7, 11) is 0. The van der Waals surface area contributed by atoms with Crippen molar-refractivity contribution in [1.82, 2.24) is 9.78 Å². The zero-order chi connectivity index (χ0) is 13.0. The van der Waals surface area contributed by atoms with Gasteiger partial charge in [0.15, 0.2) is 0 Å². The van der Waals surface area contributed by atoms with Gasteiger partial charge >= 0.3 is 0 Å². The first-order valence-electron chi connectivity index (χ1n) is 6.23. The molecule has 2 aromatic rings. The number of hydrogen-bond acceptors (Lipinski definition) is 3. The summed E-state index contributed by atoms with van der Waals surface area (Å²) in [5, 5.41) is 14.4. The van der Waals surface area contributed by atoms with E-state index in [1.807, 2.05) is 41.2 Å².